The Hall–Kier alpha value is -2.50. The van der Waals surface area contributed by atoms with Crippen molar-refractivity contribution in [1.82, 2.24) is 9.97 Å². The molecule has 5 nitrogen and oxygen atoms in total. The van der Waals surface area contributed by atoms with Gasteiger partial charge in [0.25, 0.3) is 0 Å². The van der Waals surface area contributed by atoms with Gasteiger partial charge in [-0.2, -0.15) is 18.4 Å². The van der Waals surface area contributed by atoms with Crippen LogP contribution in [0.4, 0.5) is 13.2 Å². The van der Waals surface area contributed by atoms with E-state index in [1.807, 2.05) is 0 Å². The first-order valence-electron chi connectivity index (χ1n) is 6.95. The quantitative estimate of drug-likeness (QED) is 0.895. The average Bonchev–Trinajstić information content (AvgIpc) is 2.54. The number of nitrogens with zero attached hydrogens (tertiary/aromatic N) is 3. The zero-order valence-corrected chi connectivity index (χ0v) is 12.6. The van der Waals surface area contributed by atoms with Crippen molar-refractivity contribution in [2.45, 2.75) is 25.3 Å². The van der Waals surface area contributed by atoms with Crippen LogP contribution in [0, 0.1) is 24.2 Å². The number of aliphatic hydroxyl groups is 2. The molecule has 3 unspecified atom stereocenters. The Morgan fingerprint density at radius 2 is 1.67 bits per heavy atom. The highest BCUT2D eigenvalue weighted by Gasteiger charge is 2.35. The summed E-state index contributed by atoms with van der Waals surface area (Å²) in [6, 6.07) is 6.61. The van der Waals surface area contributed by atoms with E-state index in [1.165, 1.54) is 37.5 Å². The molecule has 0 fully saturated rings. The molecule has 0 amide bonds. The molecule has 0 aromatic carbocycles. The molecular weight excluding hydrogens is 323 g/mol. The summed E-state index contributed by atoms with van der Waals surface area (Å²) >= 11 is 0. The highest BCUT2D eigenvalue weighted by atomic mass is 19.4. The lowest BCUT2D eigenvalue weighted by Crippen LogP contribution is -2.20. The summed E-state index contributed by atoms with van der Waals surface area (Å²) in [6.45, 7) is 1.35. The Kier molecular flexibility index (Phi) is 5.17. The van der Waals surface area contributed by atoms with Gasteiger partial charge in [0.1, 0.15) is 11.6 Å². The molecular formula is C16H14F3N3O2. The number of aromatic nitrogens is 2. The van der Waals surface area contributed by atoms with Crippen molar-refractivity contribution in [2.24, 2.45) is 5.92 Å². The molecule has 2 heterocycles. The van der Waals surface area contributed by atoms with E-state index in [4.69, 9.17) is 0 Å². The van der Waals surface area contributed by atoms with Crippen LogP contribution >= 0.6 is 0 Å². The van der Waals surface area contributed by atoms with Crippen molar-refractivity contribution in [3.05, 3.63) is 59.2 Å². The summed E-state index contributed by atoms with van der Waals surface area (Å²) in [4.78, 5) is 7.16. The maximum atomic E-state index is 12.9. The Labute approximate surface area is 136 Å². The number of hydrogen-bond acceptors (Lipinski definition) is 5. The van der Waals surface area contributed by atoms with E-state index in [0.717, 1.165) is 0 Å². The van der Waals surface area contributed by atoms with Crippen molar-refractivity contribution in [2.75, 3.05) is 0 Å². The molecule has 126 valence electrons. The van der Waals surface area contributed by atoms with Crippen LogP contribution < -0.4 is 0 Å². The van der Waals surface area contributed by atoms with Crippen LogP contribution in [0.2, 0.25) is 0 Å². The van der Waals surface area contributed by atoms with Crippen LogP contribution in [0.25, 0.3) is 0 Å². The van der Waals surface area contributed by atoms with Gasteiger partial charge in [-0.15, -0.1) is 0 Å². The second-order valence-corrected chi connectivity index (χ2v) is 5.25. The van der Waals surface area contributed by atoms with Crippen LogP contribution in [-0.2, 0) is 6.18 Å². The summed E-state index contributed by atoms with van der Waals surface area (Å²) in [6.07, 6.45) is -4.86. The van der Waals surface area contributed by atoms with Crippen molar-refractivity contribution >= 4 is 0 Å². The molecule has 0 saturated carbocycles. The number of aliphatic hydroxyl groups excluding tert-OH is 2. The molecule has 3 atom stereocenters. The molecule has 0 aliphatic carbocycles. The van der Waals surface area contributed by atoms with E-state index in [-0.39, 0.29) is 11.3 Å². The number of halogens is 3. The van der Waals surface area contributed by atoms with Gasteiger partial charge in [-0.05, 0) is 42.3 Å². The summed E-state index contributed by atoms with van der Waals surface area (Å²) in [5.74, 6) is -1.35. The Morgan fingerprint density at radius 1 is 1.08 bits per heavy atom. The van der Waals surface area contributed by atoms with Gasteiger partial charge in [0.05, 0.1) is 18.3 Å². The molecule has 0 radical (unpaired) electrons. The lowest BCUT2D eigenvalue weighted by atomic mass is 9.88. The van der Waals surface area contributed by atoms with Gasteiger partial charge in [-0.1, -0.05) is 0 Å². The van der Waals surface area contributed by atoms with Gasteiger partial charge in [-0.25, -0.2) is 4.98 Å². The molecule has 0 saturated heterocycles. The fraction of sp³-hybridized carbons (Fsp3) is 0.312. The molecule has 2 rings (SSSR count). The molecule has 2 aromatic rings. The van der Waals surface area contributed by atoms with Crippen molar-refractivity contribution < 1.29 is 23.4 Å². The van der Waals surface area contributed by atoms with Gasteiger partial charge >= 0.3 is 6.18 Å². The fourth-order valence-electron chi connectivity index (χ4n) is 2.30. The second kappa shape index (κ2) is 6.95. The van der Waals surface area contributed by atoms with E-state index in [0.29, 0.717) is 11.6 Å². The van der Waals surface area contributed by atoms with E-state index < -0.39 is 30.0 Å². The first-order chi connectivity index (χ1) is 11.2. The predicted molar refractivity (Wildman–Crippen MR) is 77.2 cm³/mol. The maximum absolute atomic E-state index is 12.9. The van der Waals surface area contributed by atoms with Crippen molar-refractivity contribution in [1.29, 1.82) is 5.26 Å². The average molecular weight is 337 g/mol. The maximum Gasteiger partial charge on any atom is 0.433 e. The lowest BCUT2D eigenvalue weighted by molar-refractivity contribution is -0.141. The SMILES string of the molecule is Cc1cc(C(O)C(C#N)C(O)c2ccncc2)cc(C(F)(F)F)n1. The number of aryl methyl sites for hydroxylation is 1. The number of nitriles is 1. The minimum absolute atomic E-state index is 0.0500. The number of pyridine rings is 2. The number of rotatable bonds is 4. The van der Waals surface area contributed by atoms with Crippen LogP contribution in [-0.4, -0.2) is 20.2 Å². The lowest BCUT2D eigenvalue weighted by Gasteiger charge is -2.23. The van der Waals surface area contributed by atoms with Crippen LogP contribution in [0.1, 0.15) is 34.7 Å². The normalized spacial score (nSPS) is 15.4. The molecule has 2 N–H and O–H groups in total. The van der Waals surface area contributed by atoms with Gasteiger partial charge in [0, 0.05) is 18.1 Å². The summed E-state index contributed by atoms with van der Waals surface area (Å²) in [5, 5.41) is 29.9. The Balaban J connectivity index is 2.37. The smallest absolute Gasteiger partial charge is 0.387 e. The molecule has 24 heavy (non-hydrogen) atoms. The number of hydrogen-bond donors (Lipinski definition) is 2. The van der Waals surface area contributed by atoms with E-state index in [1.54, 1.807) is 6.07 Å². The molecule has 0 spiro atoms. The third-order valence-corrected chi connectivity index (χ3v) is 3.48. The second-order valence-electron chi connectivity index (χ2n) is 5.25. The van der Waals surface area contributed by atoms with Crippen molar-refractivity contribution in [3.8, 4) is 6.07 Å². The number of alkyl halides is 3. The van der Waals surface area contributed by atoms with Crippen LogP contribution in [0.15, 0.2) is 36.7 Å². The predicted octanol–water partition coefficient (Wildman–Crippen LogP) is 2.71. The third-order valence-electron chi connectivity index (χ3n) is 3.48. The van der Waals surface area contributed by atoms with Gasteiger partial charge in [-0.3, -0.25) is 4.98 Å². The van der Waals surface area contributed by atoms with Gasteiger partial charge in [0.15, 0.2) is 0 Å². The minimum atomic E-state index is -4.67. The van der Waals surface area contributed by atoms with Gasteiger partial charge in [0.2, 0.25) is 0 Å². The summed E-state index contributed by atoms with van der Waals surface area (Å²) in [7, 11) is 0. The zero-order valence-electron chi connectivity index (χ0n) is 12.6. The zero-order chi connectivity index (χ0) is 17.9. The summed E-state index contributed by atoms with van der Waals surface area (Å²) in [5.41, 5.74) is -0.910. The standard InChI is InChI=1S/C16H14F3N3O2/c1-9-6-11(7-13(22-9)16(17,18)19)15(24)12(8-20)14(23)10-2-4-21-5-3-10/h2-7,12,14-15,23-24H,1H3. The highest BCUT2D eigenvalue weighted by Crippen LogP contribution is 2.35. The molecule has 2 aromatic heterocycles. The molecule has 0 bridgehead atoms. The molecule has 0 aliphatic heterocycles. The first kappa shape index (κ1) is 17.8. The Bertz CT molecular complexity index is 744. The third kappa shape index (κ3) is 3.88. The molecule has 8 heteroatoms. The van der Waals surface area contributed by atoms with Crippen LogP contribution in [0.5, 0.6) is 0 Å². The van der Waals surface area contributed by atoms with Gasteiger partial charge < -0.3 is 10.2 Å². The molecule has 0 aliphatic rings. The first-order valence-corrected chi connectivity index (χ1v) is 6.95. The fourth-order valence-corrected chi connectivity index (χ4v) is 2.30. The monoisotopic (exact) mass is 337 g/mol. The highest BCUT2D eigenvalue weighted by molar-refractivity contribution is 5.28. The largest absolute Gasteiger partial charge is 0.433 e. The Morgan fingerprint density at radius 3 is 2.21 bits per heavy atom. The van der Waals surface area contributed by atoms with E-state index >= 15 is 0 Å². The van der Waals surface area contributed by atoms with Crippen LogP contribution in [0.3, 0.4) is 0 Å². The summed E-state index contributed by atoms with van der Waals surface area (Å²) < 4.78 is 38.6. The minimum Gasteiger partial charge on any atom is -0.387 e. The topological polar surface area (TPSA) is 90.0 Å². The van der Waals surface area contributed by atoms with E-state index in [9.17, 15) is 28.6 Å². The van der Waals surface area contributed by atoms with Crippen molar-refractivity contribution in [3.63, 3.8) is 0 Å². The van der Waals surface area contributed by atoms with E-state index in [2.05, 4.69) is 9.97 Å².